The van der Waals surface area contributed by atoms with E-state index in [9.17, 15) is 0 Å². The van der Waals surface area contributed by atoms with E-state index < -0.39 is 0 Å². The molecule has 5 heteroatoms. The first kappa shape index (κ1) is 18.8. The number of halogens is 2. The van der Waals surface area contributed by atoms with Crippen LogP contribution in [0.2, 0.25) is 0 Å². The van der Waals surface area contributed by atoms with E-state index in [0.29, 0.717) is 0 Å². The maximum absolute atomic E-state index is 5.04. The van der Waals surface area contributed by atoms with E-state index in [0.717, 1.165) is 37.6 Å². The van der Waals surface area contributed by atoms with Crippen molar-refractivity contribution < 1.29 is 0 Å². The van der Waals surface area contributed by atoms with Gasteiger partial charge in [-0.2, -0.15) is 0 Å². The van der Waals surface area contributed by atoms with Gasteiger partial charge in [-0.1, -0.05) is 60.7 Å². The zero-order valence-corrected chi connectivity index (χ0v) is 19.6. The highest BCUT2D eigenvalue weighted by Gasteiger charge is 2.20. The van der Waals surface area contributed by atoms with Gasteiger partial charge in [-0.05, 0) is 61.7 Å². The van der Waals surface area contributed by atoms with Crippen LogP contribution in [0, 0.1) is 0 Å². The number of benzene rings is 3. The average molecular weight is 531 g/mol. The standard InChI is InChI=1S/C26H17Br2N3/c27-19-15-21-23(16-20(19)28)31-25(18-10-5-2-6-11-18)24(14-17-8-3-1-4-9-17)30-13-7-12-22(30)26(31)29-21/h1-13,15-16H,14H2. The lowest BCUT2D eigenvalue weighted by atomic mass is 10.0. The van der Waals surface area contributed by atoms with Crippen molar-refractivity contribution in [1.82, 2.24) is 13.8 Å². The van der Waals surface area contributed by atoms with Crippen molar-refractivity contribution >= 4 is 54.1 Å². The number of hydrogen-bond acceptors (Lipinski definition) is 1. The van der Waals surface area contributed by atoms with Crippen molar-refractivity contribution in [3.63, 3.8) is 0 Å². The summed E-state index contributed by atoms with van der Waals surface area (Å²) in [7, 11) is 0. The maximum atomic E-state index is 5.04. The largest absolute Gasteiger partial charge is 0.315 e. The van der Waals surface area contributed by atoms with Gasteiger partial charge in [0.15, 0.2) is 5.65 Å². The molecule has 0 radical (unpaired) electrons. The summed E-state index contributed by atoms with van der Waals surface area (Å²) in [6, 6.07) is 29.7. The zero-order chi connectivity index (χ0) is 20.9. The molecule has 0 aliphatic carbocycles. The zero-order valence-electron chi connectivity index (χ0n) is 16.5. The Morgan fingerprint density at radius 3 is 2.23 bits per heavy atom. The SMILES string of the molecule is Brc1cc2nc3c4cccn4c(Cc4ccccc4)c(-c4ccccc4)n3c2cc1Br. The van der Waals surface area contributed by atoms with Crippen molar-refractivity contribution in [2.24, 2.45) is 0 Å². The molecule has 0 unspecified atom stereocenters. The summed E-state index contributed by atoms with van der Waals surface area (Å²) >= 11 is 7.33. The Hall–Kier alpha value is -2.89. The Morgan fingerprint density at radius 2 is 1.45 bits per heavy atom. The van der Waals surface area contributed by atoms with Crippen LogP contribution in [-0.2, 0) is 6.42 Å². The summed E-state index contributed by atoms with van der Waals surface area (Å²) in [5, 5.41) is 0. The molecule has 6 aromatic rings. The topological polar surface area (TPSA) is 21.7 Å². The van der Waals surface area contributed by atoms with E-state index in [1.165, 1.54) is 22.5 Å². The van der Waals surface area contributed by atoms with Crippen molar-refractivity contribution in [2.45, 2.75) is 6.42 Å². The van der Waals surface area contributed by atoms with Gasteiger partial charge in [0.25, 0.3) is 0 Å². The molecule has 0 fully saturated rings. The van der Waals surface area contributed by atoms with E-state index in [4.69, 9.17) is 4.98 Å². The monoisotopic (exact) mass is 529 g/mol. The van der Waals surface area contributed by atoms with Crippen molar-refractivity contribution in [1.29, 1.82) is 0 Å². The highest BCUT2D eigenvalue weighted by molar-refractivity contribution is 9.13. The van der Waals surface area contributed by atoms with Crippen LogP contribution in [-0.4, -0.2) is 13.8 Å². The van der Waals surface area contributed by atoms with Crippen LogP contribution in [0.25, 0.3) is 33.5 Å². The summed E-state index contributed by atoms with van der Waals surface area (Å²) in [5.41, 5.74) is 8.97. The fourth-order valence-electron chi connectivity index (χ4n) is 4.36. The Kier molecular flexibility index (Phi) is 4.47. The summed E-state index contributed by atoms with van der Waals surface area (Å²) in [6.45, 7) is 0. The quantitative estimate of drug-likeness (QED) is 0.232. The molecule has 0 aliphatic rings. The molecule has 0 saturated heterocycles. The second-order valence-corrected chi connectivity index (χ2v) is 9.32. The molecular weight excluding hydrogens is 514 g/mol. The van der Waals surface area contributed by atoms with Crippen molar-refractivity contribution in [3.8, 4) is 11.3 Å². The summed E-state index contributed by atoms with van der Waals surface area (Å²) in [4.78, 5) is 5.04. The fourth-order valence-corrected chi connectivity index (χ4v) is 5.02. The molecule has 31 heavy (non-hydrogen) atoms. The molecule has 0 spiro atoms. The van der Waals surface area contributed by atoms with Crippen molar-refractivity contribution in [3.05, 3.63) is 111 Å². The first-order chi connectivity index (χ1) is 15.2. The Balaban J connectivity index is 1.81. The van der Waals surface area contributed by atoms with Crippen LogP contribution in [0.3, 0.4) is 0 Å². The summed E-state index contributed by atoms with van der Waals surface area (Å²) in [6.07, 6.45) is 2.97. The normalized spacial score (nSPS) is 11.7. The number of hydrogen-bond donors (Lipinski definition) is 0. The Bertz CT molecular complexity index is 1560. The lowest BCUT2D eigenvalue weighted by molar-refractivity contribution is 0.981. The molecule has 6 rings (SSSR count). The van der Waals surface area contributed by atoms with Gasteiger partial charge in [-0.15, -0.1) is 0 Å². The third-order valence-electron chi connectivity index (χ3n) is 5.72. The molecule has 0 atom stereocenters. The number of fused-ring (bicyclic) bond motifs is 5. The van der Waals surface area contributed by atoms with Gasteiger partial charge < -0.3 is 4.40 Å². The van der Waals surface area contributed by atoms with E-state index in [-0.39, 0.29) is 0 Å². The molecule has 3 nitrogen and oxygen atoms in total. The first-order valence-electron chi connectivity index (χ1n) is 10.1. The molecule has 0 saturated carbocycles. The summed E-state index contributed by atoms with van der Waals surface area (Å²) in [5.74, 6) is 0. The van der Waals surface area contributed by atoms with Crippen molar-refractivity contribution in [2.75, 3.05) is 0 Å². The molecule has 0 amide bonds. The molecule has 3 heterocycles. The van der Waals surface area contributed by atoms with E-state index in [2.05, 4.69) is 132 Å². The minimum Gasteiger partial charge on any atom is -0.315 e. The Labute approximate surface area is 196 Å². The maximum Gasteiger partial charge on any atom is 0.162 e. The van der Waals surface area contributed by atoms with Gasteiger partial charge in [0.05, 0.1) is 27.9 Å². The van der Waals surface area contributed by atoms with Gasteiger partial charge in [0.1, 0.15) is 0 Å². The minimum atomic E-state index is 0.823. The lowest BCUT2D eigenvalue weighted by Gasteiger charge is -2.17. The second-order valence-electron chi connectivity index (χ2n) is 7.61. The third kappa shape index (κ3) is 3.03. The smallest absolute Gasteiger partial charge is 0.162 e. The van der Waals surface area contributed by atoms with E-state index in [1.54, 1.807) is 0 Å². The first-order valence-corrected chi connectivity index (χ1v) is 11.7. The number of imidazole rings is 1. The minimum absolute atomic E-state index is 0.823. The van der Waals surface area contributed by atoms with E-state index >= 15 is 0 Å². The van der Waals surface area contributed by atoms with Crippen LogP contribution in [0.5, 0.6) is 0 Å². The van der Waals surface area contributed by atoms with Crippen LogP contribution < -0.4 is 0 Å². The molecule has 3 aromatic heterocycles. The molecule has 0 aliphatic heterocycles. The predicted molar refractivity (Wildman–Crippen MR) is 134 cm³/mol. The van der Waals surface area contributed by atoms with Crippen LogP contribution in [0.4, 0.5) is 0 Å². The Morgan fingerprint density at radius 1 is 0.742 bits per heavy atom. The number of rotatable bonds is 3. The van der Waals surface area contributed by atoms with Gasteiger partial charge in [-0.3, -0.25) is 4.40 Å². The molecular formula is C26H17Br2N3. The third-order valence-corrected chi connectivity index (χ3v) is 7.57. The highest BCUT2D eigenvalue weighted by atomic mass is 79.9. The van der Waals surface area contributed by atoms with Crippen LogP contribution in [0.15, 0.2) is 100 Å². The van der Waals surface area contributed by atoms with Gasteiger partial charge >= 0.3 is 0 Å². The molecule has 3 aromatic carbocycles. The van der Waals surface area contributed by atoms with Gasteiger partial charge in [0.2, 0.25) is 0 Å². The molecule has 0 N–H and O–H groups in total. The van der Waals surface area contributed by atoms with Gasteiger partial charge in [0, 0.05) is 27.1 Å². The number of aromatic nitrogens is 3. The second kappa shape index (κ2) is 7.36. The highest BCUT2D eigenvalue weighted by Crippen LogP contribution is 2.36. The summed E-state index contributed by atoms with van der Waals surface area (Å²) < 4.78 is 6.62. The van der Waals surface area contributed by atoms with Crippen LogP contribution >= 0.6 is 31.9 Å². The fraction of sp³-hybridized carbons (Fsp3) is 0.0385. The van der Waals surface area contributed by atoms with Gasteiger partial charge in [-0.25, -0.2) is 4.98 Å². The van der Waals surface area contributed by atoms with E-state index in [1.807, 2.05) is 0 Å². The van der Waals surface area contributed by atoms with Crippen LogP contribution in [0.1, 0.15) is 11.3 Å². The lowest BCUT2D eigenvalue weighted by Crippen LogP contribution is -2.07. The average Bonchev–Trinajstić information content (AvgIpc) is 3.41. The number of nitrogens with zero attached hydrogens (tertiary/aromatic N) is 3. The predicted octanol–water partition coefficient (Wildman–Crippen LogP) is 7.52. The molecule has 0 bridgehead atoms. The molecule has 150 valence electrons.